The summed E-state index contributed by atoms with van der Waals surface area (Å²) in [6.45, 7) is 0.555. The number of aromatic nitrogens is 2. The molecule has 2 aromatic heterocycles. The molecule has 0 fully saturated rings. The fourth-order valence-corrected chi connectivity index (χ4v) is 3.76. The number of benzene rings is 2. The number of imidazole rings is 1. The Bertz CT molecular complexity index is 916. The van der Waals surface area contributed by atoms with Crippen molar-refractivity contribution in [2.24, 2.45) is 12.8 Å². The van der Waals surface area contributed by atoms with Crippen LogP contribution in [0.15, 0.2) is 48.5 Å². The minimum absolute atomic E-state index is 0.555. The van der Waals surface area contributed by atoms with E-state index in [0.29, 0.717) is 6.54 Å². The van der Waals surface area contributed by atoms with Crippen molar-refractivity contribution in [3.8, 4) is 10.7 Å². The third-order valence-corrected chi connectivity index (χ3v) is 4.94. The maximum Gasteiger partial charge on any atom is 0.151 e. The van der Waals surface area contributed by atoms with E-state index in [9.17, 15) is 0 Å². The van der Waals surface area contributed by atoms with Crippen molar-refractivity contribution in [2.75, 3.05) is 0 Å². The van der Waals surface area contributed by atoms with Gasteiger partial charge in [-0.05, 0) is 35.2 Å². The van der Waals surface area contributed by atoms with Crippen LogP contribution in [0.4, 0.5) is 0 Å². The molecule has 104 valence electrons. The number of thiophene rings is 1. The summed E-state index contributed by atoms with van der Waals surface area (Å²) in [6, 6.07) is 16.9. The highest BCUT2D eigenvalue weighted by Crippen LogP contribution is 2.34. The van der Waals surface area contributed by atoms with E-state index >= 15 is 0 Å². The number of rotatable bonds is 2. The minimum atomic E-state index is 0.555. The molecule has 21 heavy (non-hydrogen) atoms. The van der Waals surface area contributed by atoms with E-state index in [1.54, 1.807) is 11.3 Å². The predicted molar refractivity (Wildman–Crippen MR) is 89.4 cm³/mol. The average molecular weight is 293 g/mol. The SMILES string of the molecule is Cn1c(-c2cc3ccccc3s2)nc2ccc(CN)cc21. The lowest BCUT2D eigenvalue weighted by Gasteiger charge is -2.00. The molecule has 4 aromatic rings. The van der Waals surface area contributed by atoms with Gasteiger partial charge in [0.25, 0.3) is 0 Å². The van der Waals surface area contributed by atoms with Crippen molar-refractivity contribution in [3.63, 3.8) is 0 Å². The highest BCUT2D eigenvalue weighted by atomic mass is 32.1. The second-order valence-electron chi connectivity index (χ2n) is 5.17. The Morgan fingerprint density at radius 1 is 1.14 bits per heavy atom. The Morgan fingerprint density at radius 3 is 2.81 bits per heavy atom. The van der Waals surface area contributed by atoms with E-state index in [0.717, 1.165) is 22.4 Å². The van der Waals surface area contributed by atoms with Crippen molar-refractivity contribution in [1.82, 2.24) is 9.55 Å². The largest absolute Gasteiger partial charge is 0.326 e. The zero-order valence-corrected chi connectivity index (χ0v) is 12.5. The molecule has 0 aliphatic rings. The molecule has 0 saturated carbocycles. The molecule has 0 aliphatic heterocycles. The van der Waals surface area contributed by atoms with Gasteiger partial charge in [0.15, 0.2) is 5.82 Å². The molecule has 2 aromatic carbocycles. The van der Waals surface area contributed by atoms with Crippen LogP contribution in [0, 0.1) is 0 Å². The fourth-order valence-electron chi connectivity index (χ4n) is 2.67. The minimum Gasteiger partial charge on any atom is -0.326 e. The molecule has 2 N–H and O–H groups in total. The van der Waals surface area contributed by atoms with Crippen LogP contribution in [-0.2, 0) is 13.6 Å². The van der Waals surface area contributed by atoms with E-state index in [-0.39, 0.29) is 0 Å². The topological polar surface area (TPSA) is 43.8 Å². The molecule has 2 heterocycles. The monoisotopic (exact) mass is 293 g/mol. The van der Waals surface area contributed by atoms with Gasteiger partial charge in [0.1, 0.15) is 0 Å². The van der Waals surface area contributed by atoms with Gasteiger partial charge in [-0.25, -0.2) is 4.98 Å². The first-order chi connectivity index (χ1) is 10.3. The first kappa shape index (κ1) is 12.6. The van der Waals surface area contributed by atoms with Gasteiger partial charge < -0.3 is 10.3 Å². The third kappa shape index (κ3) is 1.95. The van der Waals surface area contributed by atoms with Gasteiger partial charge in [0.2, 0.25) is 0 Å². The molecule has 0 amide bonds. The van der Waals surface area contributed by atoms with Crippen LogP contribution in [-0.4, -0.2) is 9.55 Å². The number of hydrogen-bond acceptors (Lipinski definition) is 3. The smallest absolute Gasteiger partial charge is 0.151 e. The van der Waals surface area contributed by atoms with Crippen LogP contribution in [0.25, 0.3) is 31.8 Å². The van der Waals surface area contributed by atoms with Crippen LogP contribution in [0.1, 0.15) is 5.56 Å². The van der Waals surface area contributed by atoms with E-state index in [2.05, 4.69) is 48.0 Å². The molecule has 0 saturated heterocycles. The van der Waals surface area contributed by atoms with Crippen molar-refractivity contribution < 1.29 is 0 Å². The van der Waals surface area contributed by atoms with Gasteiger partial charge in [-0.3, -0.25) is 0 Å². The Morgan fingerprint density at radius 2 is 2.00 bits per heavy atom. The van der Waals surface area contributed by atoms with Crippen molar-refractivity contribution in [1.29, 1.82) is 0 Å². The summed E-state index contributed by atoms with van der Waals surface area (Å²) in [5.41, 5.74) is 9.01. The molecule has 4 heteroatoms. The molecule has 0 aliphatic carbocycles. The Balaban J connectivity index is 1.95. The molecule has 4 rings (SSSR count). The quantitative estimate of drug-likeness (QED) is 0.609. The highest BCUT2D eigenvalue weighted by Gasteiger charge is 2.12. The molecular formula is C17H15N3S. The Hall–Kier alpha value is -2.17. The highest BCUT2D eigenvalue weighted by molar-refractivity contribution is 7.22. The van der Waals surface area contributed by atoms with Gasteiger partial charge in [-0.1, -0.05) is 24.3 Å². The number of hydrogen-bond donors (Lipinski definition) is 1. The summed E-state index contributed by atoms with van der Waals surface area (Å²) < 4.78 is 3.45. The van der Waals surface area contributed by atoms with Crippen molar-refractivity contribution in [3.05, 3.63) is 54.1 Å². The third-order valence-electron chi connectivity index (χ3n) is 3.83. The first-order valence-corrected chi connectivity index (χ1v) is 7.72. The molecule has 0 unspecified atom stereocenters. The molecule has 0 atom stereocenters. The van der Waals surface area contributed by atoms with Gasteiger partial charge in [0, 0.05) is 18.3 Å². The molecular weight excluding hydrogens is 278 g/mol. The maximum atomic E-state index is 5.73. The molecule has 0 spiro atoms. The summed E-state index contributed by atoms with van der Waals surface area (Å²) in [6.07, 6.45) is 0. The van der Waals surface area contributed by atoms with Gasteiger partial charge in [-0.2, -0.15) is 0 Å². The summed E-state index contributed by atoms with van der Waals surface area (Å²) in [7, 11) is 2.06. The summed E-state index contributed by atoms with van der Waals surface area (Å²) in [5, 5.41) is 1.27. The van der Waals surface area contributed by atoms with E-state index in [1.165, 1.54) is 15.0 Å². The number of nitrogens with zero attached hydrogens (tertiary/aromatic N) is 2. The molecule has 0 bridgehead atoms. The lowest BCUT2D eigenvalue weighted by atomic mass is 10.2. The van der Waals surface area contributed by atoms with Gasteiger partial charge >= 0.3 is 0 Å². The van der Waals surface area contributed by atoms with Crippen LogP contribution in [0.5, 0.6) is 0 Å². The van der Waals surface area contributed by atoms with E-state index < -0.39 is 0 Å². The fraction of sp³-hybridized carbons (Fsp3) is 0.118. The first-order valence-electron chi connectivity index (χ1n) is 6.90. The second kappa shape index (κ2) is 4.69. The normalized spacial score (nSPS) is 11.5. The van der Waals surface area contributed by atoms with Crippen LogP contribution in [0.3, 0.4) is 0 Å². The number of fused-ring (bicyclic) bond motifs is 2. The predicted octanol–water partition coefficient (Wildman–Crippen LogP) is 3.91. The zero-order chi connectivity index (χ0) is 14.4. The van der Waals surface area contributed by atoms with E-state index in [4.69, 9.17) is 10.7 Å². The molecule has 0 radical (unpaired) electrons. The van der Waals surface area contributed by atoms with Crippen LogP contribution < -0.4 is 5.73 Å². The van der Waals surface area contributed by atoms with Gasteiger partial charge in [-0.15, -0.1) is 11.3 Å². The Labute approximate surface area is 126 Å². The van der Waals surface area contributed by atoms with Crippen molar-refractivity contribution >= 4 is 32.5 Å². The average Bonchev–Trinajstić information content (AvgIpc) is 3.08. The van der Waals surface area contributed by atoms with Crippen molar-refractivity contribution in [2.45, 2.75) is 6.54 Å². The van der Waals surface area contributed by atoms with Crippen LogP contribution >= 0.6 is 11.3 Å². The zero-order valence-electron chi connectivity index (χ0n) is 11.7. The number of nitrogens with two attached hydrogens (primary N) is 1. The second-order valence-corrected chi connectivity index (χ2v) is 6.25. The Kier molecular flexibility index (Phi) is 2.80. The van der Waals surface area contributed by atoms with Gasteiger partial charge in [0.05, 0.1) is 15.9 Å². The summed E-state index contributed by atoms with van der Waals surface area (Å²) >= 11 is 1.78. The number of aryl methyl sites for hydroxylation is 1. The van der Waals surface area contributed by atoms with E-state index in [1.807, 2.05) is 12.1 Å². The molecule has 3 nitrogen and oxygen atoms in total. The standard InChI is InChI=1S/C17H15N3S/c1-20-14-8-11(10-18)6-7-13(14)19-17(20)16-9-12-4-2-3-5-15(12)21-16/h2-9H,10,18H2,1H3. The van der Waals surface area contributed by atoms with Crippen LogP contribution in [0.2, 0.25) is 0 Å². The summed E-state index contributed by atoms with van der Waals surface area (Å²) in [5.74, 6) is 1.01. The maximum absolute atomic E-state index is 5.73. The summed E-state index contributed by atoms with van der Waals surface area (Å²) in [4.78, 5) is 5.98. The lowest BCUT2D eigenvalue weighted by Crippen LogP contribution is -1.96. The lowest BCUT2D eigenvalue weighted by molar-refractivity contribution is 0.960.